The second kappa shape index (κ2) is 4.09. The molecule has 1 aromatic rings. The van der Waals surface area contributed by atoms with Crippen LogP contribution in [0.2, 0.25) is 5.02 Å². The van der Waals surface area contributed by atoms with Crippen LogP contribution < -0.4 is 0 Å². The van der Waals surface area contributed by atoms with Crippen LogP contribution in [0.1, 0.15) is 23.6 Å². The molecule has 3 heteroatoms. The van der Waals surface area contributed by atoms with E-state index in [-0.39, 0.29) is 17.2 Å². The van der Waals surface area contributed by atoms with Crippen LogP contribution in [0.5, 0.6) is 0 Å². The molecule has 0 aliphatic rings. The van der Waals surface area contributed by atoms with Crippen LogP contribution in [0.4, 0.5) is 4.39 Å². The Kier molecular flexibility index (Phi) is 3.27. The van der Waals surface area contributed by atoms with Gasteiger partial charge >= 0.3 is 0 Å². The van der Waals surface area contributed by atoms with Crippen LogP contribution in [0.25, 0.3) is 0 Å². The van der Waals surface area contributed by atoms with Crippen LogP contribution in [-0.2, 0) is 11.2 Å². The number of carbonyl (C=O) groups excluding carboxylic acids is 1. The van der Waals surface area contributed by atoms with Crippen LogP contribution in [0, 0.1) is 19.7 Å². The highest BCUT2D eigenvalue weighted by Crippen LogP contribution is 2.25. The van der Waals surface area contributed by atoms with Gasteiger partial charge in [0.1, 0.15) is 11.6 Å². The molecule has 0 aliphatic carbocycles. The van der Waals surface area contributed by atoms with Crippen molar-refractivity contribution in [1.29, 1.82) is 0 Å². The zero-order chi connectivity index (χ0) is 10.9. The predicted molar refractivity (Wildman–Crippen MR) is 55.3 cm³/mol. The summed E-state index contributed by atoms with van der Waals surface area (Å²) in [5.74, 6) is -0.392. The van der Waals surface area contributed by atoms with Crippen molar-refractivity contribution in [3.8, 4) is 0 Å². The van der Waals surface area contributed by atoms with E-state index in [4.69, 9.17) is 11.6 Å². The first kappa shape index (κ1) is 11.2. The molecule has 1 aromatic carbocycles. The third-order valence-electron chi connectivity index (χ3n) is 2.18. The van der Waals surface area contributed by atoms with E-state index in [1.54, 1.807) is 19.9 Å². The van der Waals surface area contributed by atoms with Crippen molar-refractivity contribution in [3.05, 3.63) is 33.6 Å². The fourth-order valence-electron chi connectivity index (χ4n) is 1.36. The first-order valence-corrected chi connectivity index (χ1v) is 4.74. The van der Waals surface area contributed by atoms with E-state index >= 15 is 0 Å². The first-order valence-electron chi connectivity index (χ1n) is 4.37. The van der Waals surface area contributed by atoms with Crippen molar-refractivity contribution in [2.24, 2.45) is 0 Å². The van der Waals surface area contributed by atoms with Crippen LogP contribution in [0.3, 0.4) is 0 Å². The van der Waals surface area contributed by atoms with Gasteiger partial charge in [0.2, 0.25) is 0 Å². The Bertz CT molecular complexity index is 385. The lowest BCUT2D eigenvalue weighted by molar-refractivity contribution is -0.116. The van der Waals surface area contributed by atoms with Gasteiger partial charge in [-0.05, 0) is 37.5 Å². The molecule has 0 radical (unpaired) electrons. The number of carbonyl (C=O) groups is 1. The zero-order valence-corrected chi connectivity index (χ0v) is 9.20. The van der Waals surface area contributed by atoms with E-state index in [0.717, 1.165) is 5.56 Å². The Labute approximate surface area is 87.9 Å². The lowest BCUT2D eigenvalue weighted by Crippen LogP contribution is -2.02. The van der Waals surface area contributed by atoms with Gasteiger partial charge < -0.3 is 0 Å². The monoisotopic (exact) mass is 214 g/mol. The van der Waals surface area contributed by atoms with Crippen molar-refractivity contribution in [1.82, 2.24) is 0 Å². The molecule has 0 bridgehead atoms. The van der Waals surface area contributed by atoms with Gasteiger partial charge in [0.15, 0.2) is 0 Å². The number of benzene rings is 1. The summed E-state index contributed by atoms with van der Waals surface area (Å²) in [6, 6.07) is 1.77. The summed E-state index contributed by atoms with van der Waals surface area (Å²) in [6.45, 7) is 4.86. The molecule has 0 aliphatic heterocycles. The molecule has 0 saturated carbocycles. The molecule has 76 valence electrons. The van der Waals surface area contributed by atoms with E-state index < -0.39 is 5.82 Å². The molecule has 0 aromatic heterocycles. The van der Waals surface area contributed by atoms with Crippen molar-refractivity contribution in [2.45, 2.75) is 27.2 Å². The molecular weight excluding hydrogens is 203 g/mol. The van der Waals surface area contributed by atoms with Gasteiger partial charge in [0, 0.05) is 6.42 Å². The van der Waals surface area contributed by atoms with Gasteiger partial charge in [-0.2, -0.15) is 0 Å². The highest BCUT2D eigenvalue weighted by atomic mass is 35.5. The Hall–Kier alpha value is -0.890. The molecule has 0 atom stereocenters. The molecule has 0 N–H and O–H groups in total. The molecule has 0 fully saturated rings. The average Bonchev–Trinajstić information content (AvgIpc) is 2.10. The number of hydrogen-bond acceptors (Lipinski definition) is 1. The van der Waals surface area contributed by atoms with Gasteiger partial charge in [-0.1, -0.05) is 17.7 Å². The minimum absolute atomic E-state index is 0.0224. The van der Waals surface area contributed by atoms with Crippen LogP contribution >= 0.6 is 11.6 Å². The van der Waals surface area contributed by atoms with Gasteiger partial charge in [-0.3, -0.25) is 4.79 Å². The standard InChI is InChI=1S/C11H12ClFO/c1-6-4-9(5-7(2)14)8(3)11(13)10(6)12/h4H,5H2,1-3H3. The molecule has 0 unspecified atom stereocenters. The minimum Gasteiger partial charge on any atom is -0.300 e. The van der Waals surface area contributed by atoms with Crippen molar-refractivity contribution >= 4 is 17.4 Å². The molecule has 14 heavy (non-hydrogen) atoms. The number of Topliss-reactive ketones (excluding diaryl/α,β-unsaturated/α-hetero) is 1. The van der Waals surface area contributed by atoms with E-state index in [2.05, 4.69) is 0 Å². The minimum atomic E-state index is -0.414. The predicted octanol–water partition coefficient (Wildman–Crippen LogP) is 3.23. The summed E-state index contributed by atoms with van der Waals surface area (Å²) in [4.78, 5) is 10.9. The van der Waals surface area contributed by atoms with Gasteiger partial charge in [0.25, 0.3) is 0 Å². The number of aryl methyl sites for hydroxylation is 1. The maximum atomic E-state index is 13.5. The highest BCUT2D eigenvalue weighted by molar-refractivity contribution is 6.31. The van der Waals surface area contributed by atoms with E-state index in [9.17, 15) is 9.18 Å². The molecule has 0 spiro atoms. The third-order valence-corrected chi connectivity index (χ3v) is 2.64. The molecule has 0 saturated heterocycles. The van der Waals surface area contributed by atoms with Crippen LogP contribution in [-0.4, -0.2) is 5.78 Å². The Morgan fingerprint density at radius 1 is 1.50 bits per heavy atom. The van der Waals surface area contributed by atoms with Crippen molar-refractivity contribution in [3.63, 3.8) is 0 Å². The summed E-state index contributed by atoms with van der Waals surface area (Å²) >= 11 is 5.73. The topological polar surface area (TPSA) is 17.1 Å². The van der Waals surface area contributed by atoms with E-state index in [0.29, 0.717) is 11.1 Å². The van der Waals surface area contributed by atoms with Crippen LogP contribution in [0.15, 0.2) is 6.07 Å². The summed E-state index contributed by atoms with van der Waals surface area (Å²) < 4.78 is 13.5. The molecule has 1 nitrogen and oxygen atoms in total. The molecule has 0 heterocycles. The highest BCUT2D eigenvalue weighted by Gasteiger charge is 2.12. The van der Waals surface area contributed by atoms with Crippen molar-refractivity contribution < 1.29 is 9.18 Å². The lowest BCUT2D eigenvalue weighted by Gasteiger charge is -2.09. The summed E-state index contributed by atoms with van der Waals surface area (Å²) in [6.07, 6.45) is 0.265. The van der Waals surface area contributed by atoms with Gasteiger partial charge in [-0.25, -0.2) is 4.39 Å². The molecular formula is C11H12ClFO. The fourth-order valence-corrected chi connectivity index (χ4v) is 1.56. The second-order valence-electron chi connectivity index (χ2n) is 3.48. The SMILES string of the molecule is CC(=O)Cc1cc(C)c(Cl)c(F)c1C. The van der Waals surface area contributed by atoms with Gasteiger partial charge in [-0.15, -0.1) is 0 Å². The third kappa shape index (κ3) is 2.13. The first-order chi connectivity index (χ1) is 6.43. The molecule has 0 amide bonds. The number of hydrogen-bond donors (Lipinski definition) is 0. The zero-order valence-electron chi connectivity index (χ0n) is 8.45. The average molecular weight is 215 g/mol. The maximum Gasteiger partial charge on any atom is 0.145 e. The van der Waals surface area contributed by atoms with Gasteiger partial charge in [0.05, 0.1) is 5.02 Å². The Morgan fingerprint density at radius 3 is 2.57 bits per heavy atom. The largest absolute Gasteiger partial charge is 0.300 e. The number of rotatable bonds is 2. The summed E-state index contributed by atoms with van der Waals surface area (Å²) in [7, 11) is 0. The summed E-state index contributed by atoms with van der Waals surface area (Å²) in [5, 5.41) is 0.148. The second-order valence-corrected chi connectivity index (χ2v) is 3.86. The fraction of sp³-hybridized carbons (Fsp3) is 0.364. The Balaban J connectivity index is 3.25. The Morgan fingerprint density at radius 2 is 2.07 bits per heavy atom. The van der Waals surface area contributed by atoms with E-state index in [1.165, 1.54) is 6.92 Å². The van der Waals surface area contributed by atoms with Crippen molar-refractivity contribution in [2.75, 3.05) is 0 Å². The summed E-state index contributed by atoms with van der Waals surface area (Å²) in [5.41, 5.74) is 1.86. The normalized spacial score (nSPS) is 10.4. The number of ketones is 1. The number of halogens is 2. The maximum absolute atomic E-state index is 13.5. The van der Waals surface area contributed by atoms with E-state index in [1.807, 2.05) is 0 Å². The quantitative estimate of drug-likeness (QED) is 0.739. The smallest absolute Gasteiger partial charge is 0.145 e. The molecule has 1 rings (SSSR count). The lowest BCUT2D eigenvalue weighted by atomic mass is 10.0.